The van der Waals surface area contributed by atoms with Crippen molar-refractivity contribution in [3.05, 3.63) is 60.8 Å². The molecule has 288 valence electrons. The highest BCUT2D eigenvalue weighted by Gasteiger charge is 2.21. The maximum atomic E-state index is 12.2. The van der Waals surface area contributed by atoms with Gasteiger partial charge < -0.3 is 9.84 Å². The minimum absolute atomic E-state index is 0.317. The third kappa shape index (κ3) is 38.4. The summed E-state index contributed by atoms with van der Waals surface area (Å²) in [6.45, 7) is 4.44. The first-order chi connectivity index (χ1) is 24.6. The average molecular weight is 697 g/mol. The number of carboxylic acid groups (broad SMARTS) is 1. The second-order valence-electron chi connectivity index (χ2n) is 14.1. The van der Waals surface area contributed by atoms with Crippen LogP contribution in [0.2, 0.25) is 0 Å². The van der Waals surface area contributed by atoms with Crippen molar-refractivity contribution in [3.8, 4) is 0 Å². The fourth-order valence-corrected chi connectivity index (χ4v) is 6.11. The number of aliphatic carboxylic acids is 1. The van der Waals surface area contributed by atoms with Crippen LogP contribution in [0.25, 0.3) is 0 Å². The zero-order chi connectivity index (χ0) is 36.4. The van der Waals surface area contributed by atoms with Crippen LogP contribution in [0.1, 0.15) is 213 Å². The molecule has 0 saturated carbocycles. The molecule has 0 aromatic carbocycles. The molecule has 0 saturated heterocycles. The number of carbonyl (C=O) groups excluding carboxylic acids is 1. The number of carboxylic acids is 1. The summed E-state index contributed by atoms with van der Waals surface area (Å²) in [5, 5.41) is 9.52. The van der Waals surface area contributed by atoms with E-state index in [1.165, 1.54) is 96.3 Å². The number of rotatable bonds is 38. The van der Waals surface area contributed by atoms with Crippen LogP contribution in [-0.4, -0.2) is 23.1 Å². The maximum absolute atomic E-state index is 12.2. The minimum Gasteiger partial charge on any atom is -0.479 e. The number of esters is 1. The Labute approximate surface area is 310 Å². The second kappa shape index (κ2) is 41.1. The first-order valence-corrected chi connectivity index (χ1v) is 21.3. The van der Waals surface area contributed by atoms with Crippen LogP contribution in [0.15, 0.2) is 60.8 Å². The van der Waals surface area contributed by atoms with Crippen molar-refractivity contribution < 1.29 is 19.4 Å². The molecule has 1 unspecified atom stereocenters. The Bertz CT molecular complexity index is 881. The van der Waals surface area contributed by atoms with Gasteiger partial charge in [0.2, 0.25) is 0 Å². The van der Waals surface area contributed by atoms with E-state index in [1.54, 1.807) is 0 Å². The molecule has 0 radical (unpaired) electrons. The van der Waals surface area contributed by atoms with Gasteiger partial charge in [0.15, 0.2) is 6.10 Å². The number of carbonyl (C=O) groups is 2. The van der Waals surface area contributed by atoms with Gasteiger partial charge in [-0.1, -0.05) is 203 Å². The number of ether oxygens (including phenoxy) is 1. The van der Waals surface area contributed by atoms with Crippen LogP contribution in [0.3, 0.4) is 0 Å². The third-order valence-corrected chi connectivity index (χ3v) is 9.28. The summed E-state index contributed by atoms with van der Waals surface area (Å²) < 4.78 is 5.33. The molecule has 0 aliphatic heterocycles. The van der Waals surface area contributed by atoms with Crippen LogP contribution in [0.5, 0.6) is 0 Å². The Morgan fingerprint density at radius 2 is 0.820 bits per heavy atom. The SMILES string of the molecule is CC/C=C\C/C=C\C/C=C\C/C=C\C/C=C\CCCCCCCC(=O)OC(CCCCCCCCCCCCCCCCCCCC)C(=O)O. The van der Waals surface area contributed by atoms with E-state index in [1.807, 2.05) is 0 Å². The number of hydrogen-bond acceptors (Lipinski definition) is 3. The lowest BCUT2D eigenvalue weighted by Gasteiger charge is -2.13. The first kappa shape index (κ1) is 47.6. The van der Waals surface area contributed by atoms with Crippen LogP contribution < -0.4 is 0 Å². The van der Waals surface area contributed by atoms with Crippen LogP contribution >= 0.6 is 0 Å². The summed E-state index contributed by atoms with van der Waals surface area (Å²) in [7, 11) is 0. The van der Waals surface area contributed by atoms with Crippen molar-refractivity contribution in [2.75, 3.05) is 0 Å². The quantitative estimate of drug-likeness (QED) is 0.0396. The van der Waals surface area contributed by atoms with Crippen LogP contribution in [0.4, 0.5) is 0 Å². The highest BCUT2D eigenvalue weighted by Crippen LogP contribution is 2.16. The number of unbranched alkanes of at least 4 members (excludes halogenated alkanes) is 22. The molecule has 4 heteroatoms. The molecule has 0 aliphatic carbocycles. The number of allylic oxidation sites excluding steroid dienone is 10. The van der Waals surface area contributed by atoms with Crippen molar-refractivity contribution in [1.29, 1.82) is 0 Å². The smallest absolute Gasteiger partial charge is 0.345 e. The Morgan fingerprint density at radius 3 is 1.24 bits per heavy atom. The van der Waals surface area contributed by atoms with Crippen LogP contribution in [0, 0.1) is 0 Å². The zero-order valence-electron chi connectivity index (χ0n) is 32.9. The molecule has 0 rings (SSSR count). The van der Waals surface area contributed by atoms with E-state index in [4.69, 9.17) is 4.74 Å². The van der Waals surface area contributed by atoms with Gasteiger partial charge in [0, 0.05) is 6.42 Å². The maximum Gasteiger partial charge on any atom is 0.345 e. The lowest BCUT2D eigenvalue weighted by atomic mass is 10.0. The fraction of sp³-hybridized carbons (Fsp3) is 0.739. The van der Waals surface area contributed by atoms with Crippen molar-refractivity contribution >= 4 is 11.9 Å². The Hall–Kier alpha value is -2.36. The summed E-state index contributed by atoms with van der Waals surface area (Å²) in [5.41, 5.74) is 0. The molecule has 0 bridgehead atoms. The molecule has 0 fully saturated rings. The standard InChI is InChI=1S/C46H80O4/c1-3-5-7-9-11-13-15-17-19-21-23-24-25-27-29-31-33-35-37-39-41-43-45(47)50-44(46(48)49)42-40-38-36-34-32-30-28-26-22-20-18-16-14-12-10-8-6-4-2/h5,7,11,13,17,19,23-24,27,29,44H,3-4,6,8-10,12,14-16,18,20-22,25-26,28,30-43H2,1-2H3,(H,48,49)/b7-5-,13-11-,19-17-,24-23-,29-27-. The van der Waals surface area contributed by atoms with Crippen molar-refractivity contribution in [3.63, 3.8) is 0 Å². The largest absolute Gasteiger partial charge is 0.479 e. The second-order valence-corrected chi connectivity index (χ2v) is 14.1. The lowest BCUT2D eigenvalue weighted by molar-refractivity contribution is -0.164. The number of hydrogen-bond donors (Lipinski definition) is 1. The van der Waals surface area contributed by atoms with Gasteiger partial charge in [-0.3, -0.25) is 4.79 Å². The van der Waals surface area contributed by atoms with E-state index in [-0.39, 0.29) is 5.97 Å². The highest BCUT2D eigenvalue weighted by molar-refractivity contribution is 5.77. The van der Waals surface area contributed by atoms with Gasteiger partial charge in [-0.05, 0) is 64.2 Å². The van der Waals surface area contributed by atoms with Crippen molar-refractivity contribution in [2.45, 2.75) is 219 Å². The predicted octanol–water partition coefficient (Wildman–Crippen LogP) is 14.9. The summed E-state index contributed by atoms with van der Waals surface area (Å²) in [6.07, 6.45) is 56.9. The molecule has 0 aromatic heterocycles. The molecule has 1 N–H and O–H groups in total. The fourth-order valence-electron chi connectivity index (χ4n) is 6.11. The van der Waals surface area contributed by atoms with E-state index in [0.717, 1.165) is 89.9 Å². The van der Waals surface area contributed by atoms with Gasteiger partial charge in [0.1, 0.15) is 0 Å². The molecule has 0 aromatic rings. The van der Waals surface area contributed by atoms with E-state index < -0.39 is 12.1 Å². The molecule has 0 aliphatic rings. The highest BCUT2D eigenvalue weighted by atomic mass is 16.6. The van der Waals surface area contributed by atoms with Gasteiger partial charge in [-0.15, -0.1) is 0 Å². The molecule has 0 amide bonds. The Balaban J connectivity index is 3.60. The van der Waals surface area contributed by atoms with E-state index in [0.29, 0.717) is 12.8 Å². The Kier molecular flexibility index (Phi) is 39.1. The summed E-state index contributed by atoms with van der Waals surface area (Å²) in [4.78, 5) is 23.9. The van der Waals surface area contributed by atoms with Gasteiger partial charge in [0.25, 0.3) is 0 Å². The van der Waals surface area contributed by atoms with Gasteiger partial charge in [-0.2, -0.15) is 0 Å². The topological polar surface area (TPSA) is 63.6 Å². The zero-order valence-corrected chi connectivity index (χ0v) is 32.9. The third-order valence-electron chi connectivity index (χ3n) is 9.28. The van der Waals surface area contributed by atoms with E-state index in [9.17, 15) is 14.7 Å². The molecular formula is C46H80O4. The molecule has 4 nitrogen and oxygen atoms in total. The average Bonchev–Trinajstić information content (AvgIpc) is 3.11. The normalized spacial score (nSPS) is 12.8. The van der Waals surface area contributed by atoms with Crippen LogP contribution in [-0.2, 0) is 14.3 Å². The minimum atomic E-state index is -1.01. The molecule has 1 atom stereocenters. The van der Waals surface area contributed by atoms with Gasteiger partial charge in [0.05, 0.1) is 0 Å². The Morgan fingerprint density at radius 1 is 0.460 bits per heavy atom. The summed E-state index contributed by atoms with van der Waals surface area (Å²) >= 11 is 0. The first-order valence-electron chi connectivity index (χ1n) is 21.3. The van der Waals surface area contributed by atoms with Crippen molar-refractivity contribution in [1.82, 2.24) is 0 Å². The summed E-state index contributed by atoms with van der Waals surface area (Å²) in [5.74, 6) is -1.38. The van der Waals surface area contributed by atoms with E-state index >= 15 is 0 Å². The lowest BCUT2D eigenvalue weighted by Crippen LogP contribution is -2.27. The molecule has 0 spiro atoms. The summed E-state index contributed by atoms with van der Waals surface area (Å²) in [6, 6.07) is 0. The molecule has 50 heavy (non-hydrogen) atoms. The van der Waals surface area contributed by atoms with Gasteiger partial charge in [-0.25, -0.2) is 4.79 Å². The van der Waals surface area contributed by atoms with Crippen molar-refractivity contribution in [2.24, 2.45) is 0 Å². The monoisotopic (exact) mass is 697 g/mol. The van der Waals surface area contributed by atoms with E-state index in [2.05, 4.69) is 74.6 Å². The molecular weight excluding hydrogens is 617 g/mol. The van der Waals surface area contributed by atoms with Gasteiger partial charge >= 0.3 is 11.9 Å². The predicted molar refractivity (Wildman–Crippen MR) is 218 cm³/mol. The molecule has 0 heterocycles.